The third-order valence-electron chi connectivity index (χ3n) is 3.58. The summed E-state index contributed by atoms with van der Waals surface area (Å²) in [4.78, 5) is 17.4. The number of carbonyl (C=O) groups is 1. The number of carboxylic acids is 1. The fourth-order valence-corrected chi connectivity index (χ4v) is 2.42. The number of hydrogen-bond acceptors (Lipinski definition) is 5. The van der Waals surface area contributed by atoms with Crippen LogP contribution in [0.2, 0.25) is 0 Å². The molecule has 110 valence electrons. The highest BCUT2D eigenvalue weighted by atomic mass is 16.5. The van der Waals surface area contributed by atoms with E-state index in [0.29, 0.717) is 13.2 Å². The van der Waals surface area contributed by atoms with E-state index < -0.39 is 12.0 Å². The number of anilines is 1. The summed E-state index contributed by atoms with van der Waals surface area (Å²) in [5.74, 6) is -0.903. The van der Waals surface area contributed by atoms with Crippen molar-refractivity contribution in [3.63, 3.8) is 0 Å². The Balaban J connectivity index is 2.26. The number of morpholine rings is 1. The van der Waals surface area contributed by atoms with E-state index in [1.807, 2.05) is 13.0 Å². The first-order valence-electron chi connectivity index (χ1n) is 6.77. The normalized spacial score (nSPS) is 20.8. The minimum atomic E-state index is -0.903. The summed E-state index contributed by atoms with van der Waals surface area (Å²) in [7, 11) is 0. The molecule has 0 bridgehead atoms. The Morgan fingerprint density at radius 3 is 3.10 bits per heavy atom. The van der Waals surface area contributed by atoms with Crippen LogP contribution in [0, 0.1) is 6.92 Å². The molecule has 6 nitrogen and oxygen atoms in total. The predicted molar refractivity (Wildman–Crippen MR) is 75.8 cm³/mol. The predicted octanol–water partition coefficient (Wildman–Crippen LogP) is 1.09. The van der Waals surface area contributed by atoms with Gasteiger partial charge in [0.2, 0.25) is 0 Å². The minimum Gasteiger partial charge on any atom is -0.481 e. The number of nitrogens with zero attached hydrogens (tertiary/aromatic N) is 2. The van der Waals surface area contributed by atoms with Crippen molar-refractivity contribution in [3.05, 3.63) is 23.5 Å². The highest BCUT2D eigenvalue weighted by Crippen LogP contribution is 2.26. The molecule has 20 heavy (non-hydrogen) atoms. The van der Waals surface area contributed by atoms with Gasteiger partial charge in [0, 0.05) is 24.8 Å². The molecule has 3 N–H and O–H groups in total. The Kier molecular flexibility index (Phi) is 4.57. The van der Waals surface area contributed by atoms with E-state index in [0.717, 1.165) is 23.5 Å². The van der Waals surface area contributed by atoms with Crippen molar-refractivity contribution in [2.45, 2.75) is 32.4 Å². The lowest BCUT2D eigenvalue weighted by atomic mass is 10.0. The topological polar surface area (TPSA) is 88.7 Å². The van der Waals surface area contributed by atoms with Gasteiger partial charge in [0.1, 0.15) is 0 Å². The Hall–Kier alpha value is -1.66. The van der Waals surface area contributed by atoms with E-state index in [1.54, 1.807) is 6.20 Å². The van der Waals surface area contributed by atoms with Gasteiger partial charge in [0.05, 0.1) is 31.0 Å². The first-order valence-corrected chi connectivity index (χ1v) is 6.77. The number of carboxylic acid groups (broad SMARTS) is 1. The molecule has 1 fully saturated rings. The zero-order chi connectivity index (χ0) is 14.7. The molecule has 2 unspecified atom stereocenters. The van der Waals surface area contributed by atoms with Gasteiger partial charge in [-0.3, -0.25) is 9.78 Å². The van der Waals surface area contributed by atoms with E-state index >= 15 is 0 Å². The van der Waals surface area contributed by atoms with Crippen LogP contribution >= 0.6 is 0 Å². The number of aromatic nitrogens is 1. The summed E-state index contributed by atoms with van der Waals surface area (Å²) in [5.41, 5.74) is 8.61. The first kappa shape index (κ1) is 14.7. The summed E-state index contributed by atoms with van der Waals surface area (Å²) in [6.07, 6.45) is 1.57. The van der Waals surface area contributed by atoms with E-state index in [9.17, 15) is 4.79 Å². The average molecular weight is 279 g/mol. The molecule has 0 amide bonds. The van der Waals surface area contributed by atoms with Gasteiger partial charge < -0.3 is 20.5 Å². The van der Waals surface area contributed by atoms with Crippen LogP contribution in [0.4, 0.5) is 5.69 Å². The van der Waals surface area contributed by atoms with Gasteiger partial charge in [-0.1, -0.05) is 0 Å². The SMILES string of the molecule is Cc1ncc(C(N)CC(=O)O)cc1N1CCOCC1C. The maximum absolute atomic E-state index is 10.8. The smallest absolute Gasteiger partial charge is 0.305 e. The minimum absolute atomic E-state index is 0.0944. The molecule has 0 saturated carbocycles. The molecule has 1 aliphatic rings. The number of aliphatic carboxylic acids is 1. The van der Waals surface area contributed by atoms with E-state index in [-0.39, 0.29) is 12.5 Å². The molecule has 2 heterocycles. The zero-order valence-electron chi connectivity index (χ0n) is 11.9. The van der Waals surface area contributed by atoms with E-state index in [1.165, 1.54) is 0 Å². The standard InChI is InChI=1S/C14H21N3O3/c1-9-8-20-4-3-17(9)13-5-11(7-16-10(13)2)12(15)6-14(18)19/h5,7,9,12H,3-4,6,8,15H2,1-2H3,(H,18,19). The maximum atomic E-state index is 10.8. The fourth-order valence-electron chi connectivity index (χ4n) is 2.42. The highest BCUT2D eigenvalue weighted by Gasteiger charge is 2.22. The molecule has 1 aliphatic heterocycles. The molecular weight excluding hydrogens is 258 g/mol. The van der Waals surface area contributed by atoms with Crippen molar-refractivity contribution >= 4 is 11.7 Å². The third-order valence-corrected chi connectivity index (χ3v) is 3.58. The van der Waals surface area contributed by atoms with Gasteiger partial charge in [0.25, 0.3) is 0 Å². The van der Waals surface area contributed by atoms with Gasteiger partial charge >= 0.3 is 5.97 Å². The Labute approximate surface area is 118 Å². The number of hydrogen-bond donors (Lipinski definition) is 2. The second-order valence-electron chi connectivity index (χ2n) is 5.19. The molecule has 1 saturated heterocycles. The molecule has 6 heteroatoms. The van der Waals surface area contributed by atoms with Crippen LogP contribution in [-0.4, -0.2) is 41.9 Å². The van der Waals surface area contributed by atoms with Crippen LogP contribution in [0.25, 0.3) is 0 Å². The van der Waals surface area contributed by atoms with Crippen molar-refractivity contribution in [1.82, 2.24) is 4.98 Å². The van der Waals surface area contributed by atoms with Crippen molar-refractivity contribution in [2.75, 3.05) is 24.7 Å². The van der Waals surface area contributed by atoms with Crippen LogP contribution in [-0.2, 0) is 9.53 Å². The Morgan fingerprint density at radius 2 is 2.45 bits per heavy atom. The molecule has 0 radical (unpaired) electrons. The monoisotopic (exact) mass is 279 g/mol. The summed E-state index contributed by atoms with van der Waals surface area (Å²) < 4.78 is 5.44. The number of ether oxygens (including phenoxy) is 1. The second-order valence-corrected chi connectivity index (χ2v) is 5.19. The molecule has 2 rings (SSSR count). The van der Waals surface area contributed by atoms with Crippen LogP contribution in [0.15, 0.2) is 12.3 Å². The van der Waals surface area contributed by atoms with Crippen molar-refractivity contribution in [1.29, 1.82) is 0 Å². The average Bonchev–Trinajstić information content (AvgIpc) is 2.39. The number of pyridine rings is 1. The van der Waals surface area contributed by atoms with Gasteiger partial charge in [0.15, 0.2) is 0 Å². The van der Waals surface area contributed by atoms with Gasteiger partial charge in [-0.25, -0.2) is 0 Å². The molecular formula is C14H21N3O3. The van der Waals surface area contributed by atoms with Crippen molar-refractivity contribution < 1.29 is 14.6 Å². The molecule has 0 aromatic carbocycles. The third kappa shape index (κ3) is 3.26. The number of rotatable bonds is 4. The number of nitrogens with two attached hydrogens (primary N) is 1. The van der Waals surface area contributed by atoms with Crippen LogP contribution in [0.1, 0.15) is 30.6 Å². The molecule has 1 aromatic rings. The lowest BCUT2D eigenvalue weighted by molar-refractivity contribution is -0.137. The second kappa shape index (κ2) is 6.19. The molecule has 0 spiro atoms. The largest absolute Gasteiger partial charge is 0.481 e. The fraction of sp³-hybridized carbons (Fsp3) is 0.571. The Morgan fingerprint density at radius 1 is 1.70 bits per heavy atom. The van der Waals surface area contributed by atoms with Gasteiger partial charge in [-0.2, -0.15) is 0 Å². The number of aryl methyl sites for hydroxylation is 1. The summed E-state index contributed by atoms with van der Waals surface area (Å²) in [6, 6.07) is 1.70. The zero-order valence-corrected chi connectivity index (χ0v) is 11.9. The highest BCUT2D eigenvalue weighted by molar-refractivity contribution is 5.68. The van der Waals surface area contributed by atoms with E-state index in [2.05, 4.69) is 16.8 Å². The lowest BCUT2D eigenvalue weighted by Crippen LogP contribution is -2.44. The maximum Gasteiger partial charge on any atom is 0.305 e. The molecule has 2 atom stereocenters. The van der Waals surface area contributed by atoms with E-state index in [4.69, 9.17) is 15.6 Å². The van der Waals surface area contributed by atoms with Crippen LogP contribution < -0.4 is 10.6 Å². The van der Waals surface area contributed by atoms with Gasteiger partial charge in [-0.05, 0) is 25.5 Å². The lowest BCUT2D eigenvalue weighted by Gasteiger charge is -2.36. The van der Waals surface area contributed by atoms with Gasteiger partial charge in [-0.15, -0.1) is 0 Å². The van der Waals surface area contributed by atoms with Crippen molar-refractivity contribution in [2.24, 2.45) is 5.73 Å². The summed E-state index contributed by atoms with van der Waals surface area (Å²) >= 11 is 0. The van der Waals surface area contributed by atoms with Crippen LogP contribution in [0.5, 0.6) is 0 Å². The summed E-state index contributed by atoms with van der Waals surface area (Å²) in [6.45, 7) is 6.23. The molecule has 1 aromatic heterocycles. The van der Waals surface area contributed by atoms with Crippen LogP contribution in [0.3, 0.4) is 0 Å². The molecule has 0 aliphatic carbocycles. The summed E-state index contributed by atoms with van der Waals surface area (Å²) in [5, 5.41) is 8.83. The quantitative estimate of drug-likeness (QED) is 0.857. The first-order chi connectivity index (χ1) is 9.49. The Bertz CT molecular complexity index is 493. The van der Waals surface area contributed by atoms with Crippen molar-refractivity contribution in [3.8, 4) is 0 Å².